The first-order chi connectivity index (χ1) is 10.2. The third-order valence-corrected chi connectivity index (χ3v) is 3.48. The van der Waals surface area contributed by atoms with Crippen molar-refractivity contribution in [3.63, 3.8) is 0 Å². The maximum Gasteiger partial charge on any atom is 0.253 e. The van der Waals surface area contributed by atoms with Crippen LogP contribution in [0.15, 0.2) is 18.2 Å². The van der Waals surface area contributed by atoms with Crippen LogP contribution in [0.4, 0.5) is 0 Å². The smallest absolute Gasteiger partial charge is 0.253 e. The van der Waals surface area contributed by atoms with Gasteiger partial charge in [0, 0.05) is 18.7 Å². The average molecular weight is 293 g/mol. The normalized spacial score (nSPS) is 10.3. The van der Waals surface area contributed by atoms with Crippen LogP contribution in [-0.2, 0) is 0 Å². The molecule has 0 unspecified atom stereocenters. The molecule has 1 amide bonds. The van der Waals surface area contributed by atoms with Crippen molar-refractivity contribution in [2.24, 2.45) is 0 Å². The lowest BCUT2D eigenvalue weighted by Gasteiger charge is -2.23. The first-order valence-electron chi connectivity index (χ1n) is 7.69. The zero-order valence-corrected chi connectivity index (χ0v) is 13.6. The molecule has 0 aliphatic carbocycles. The molecule has 1 aromatic rings. The van der Waals surface area contributed by atoms with Gasteiger partial charge in [0.2, 0.25) is 0 Å². The molecule has 21 heavy (non-hydrogen) atoms. The summed E-state index contributed by atoms with van der Waals surface area (Å²) >= 11 is 0. The van der Waals surface area contributed by atoms with Gasteiger partial charge < -0.3 is 14.4 Å². The van der Waals surface area contributed by atoms with Crippen molar-refractivity contribution in [2.75, 3.05) is 27.3 Å². The molecule has 0 aliphatic heterocycles. The second-order valence-corrected chi connectivity index (χ2v) is 5.07. The maximum atomic E-state index is 12.7. The number of ether oxygens (including phenoxy) is 2. The van der Waals surface area contributed by atoms with Crippen LogP contribution < -0.4 is 9.47 Å². The summed E-state index contributed by atoms with van der Waals surface area (Å²) in [6.07, 6.45) is 4.23. The molecule has 0 spiro atoms. The minimum atomic E-state index is 0.0675. The van der Waals surface area contributed by atoms with Crippen molar-refractivity contribution < 1.29 is 14.3 Å². The summed E-state index contributed by atoms with van der Waals surface area (Å²) in [5, 5.41) is 0. The third-order valence-electron chi connectivity index (χ3n) is 3.48. The van der Waals surface area contributed by atoms with Crippen molar-refractivity contribution in [1.82, 2.24) is 4.90 Å². The predicted octanol–water partition coefficient (Wildman–Crippen LogP) is 3.75. The molecule has 0 aromatic heterocycles. The Labute approximate surface area is 128 Å². The van der Waals surface area contributed by atoms with E-state index in [-0.39, 0.29) is 5.91 Å². The molecule has 0 saturated heterocycles. The summed E-state index contributed by atoms with van der Waals surface area (Å²) in [6, 6.07) is 5.34. The largest absolute Gasteiger partial charge is 0.493 e. The predicted molar refractivity (Wildman–Crippen MR) is 85.3 cm³/mol. The van der Waals surface area contributed by atoms with Gasteiger partial charge in [0.1, 0.15) is 0 Å². The van der Waals surface area contributed by atoms with E-state index in [2.05, 4.69) is 13.8 Å². The number of carbonyl (C=O) groups is 1. The van der Waals surface area contributed by atoms with Crippen LogP contribution in [0.1, 0.15) is 49.9 Å². The van der Waals surface area contributed by atoms with E-state index in [4.69, 9.17) is 9.47 Å². The molecule has 0 radical (unpaired) electrons. The molecule has 0 N–H and O–H groups in total. The van der Waals surface area contributed by atoms with E-state index in [0.717, 1.165) is 38.8 Å². The van der Waals surface area contributed by atoms with E-state index in [9.17, 15) is 4.79 Å². The van der Waals surface area contributed by atoms with Gasteiger partial charge in [-0.05, 0) is 31.0 Å². The summed E-state index contributed by atoms with van der Waals surface area (Å²) < 4.78 is 10.5. The summed E-state index contributed by atoms with van der Waals surface area (Å²) in [4.78, 5) is 14.6. The molecule has 0 atom stereocenters. The van der Waals surface area contributed by atoms with Crippen molar-refractivity contribution in [3.05, 3.63) is 23.8 Å². The zero-order valence-electron chi connectivity index (χ0n) is 13.6. The van der Waals surface area contributed by atoms with Gasteiger partial charge in [0.25, 0.3) is 5.91 Å². The molecule has 0 saturated carbocycles. The Hall–Kier alpha value is -1.71. The van der Waals surface area contributed by atoms with Crippen LogP contribution in [0.5, 0.6) is 11.5 Å². The van der Waals surface area contributed by atoms with Gasteiger partial charge in [0.15, 0.2) is 11.5 Å². The van der Waals surface area contributed by atoms with Crippen LogP contribution in [-0.4, -0.2) is 38.1 Å². The molecule has 1 aromatic carbocycles. The van der Waals surface area contributed by atoms with Gasteiger partial charge in [-0.2, -0.15) is 0 Å². The van der Waals surface area contributed by atoms with Crippen LogP contribution in [0.2, 0.25) is 0 Å². The molecular weight excluding hydrogens is 266 g/mol. The highest BCUT2D eigenvalue weighted by atomic mass is 16.5. The van der Waals surface area contributed by atoms with E-state index < -0.39 is 0 Å². The highest BCUT2D eigenvalue weighted by Gasteiger charge is 2.17. The Morgan fingerprint density at radius 3 is 2.05 bits per heavy atom. The molecule has 118 valence electrons. The van der Waals surface area contributed by atoms with E-state index in [1.54, 1.807) is 32.4 Å². The molecule has 0 bridgehead atoms. The molecule has 0 aliphatic rings. The van der Waals surface area contributed by atoms with Crippen LogP contribution in [0.3, 0.4) is 0 Å². The van der Waals surface area contributed by atoms with Crippen molar-refractivity contribution >= 4 is 5.91 Å². The van der Waals surface area contributed by atoms with Crippen LogP contribution in [0.25, 0.3) is 0 Å². The Morgan fingerprint density at radius 1 is 1.00 bits per heavy atom. The van der Waals surface area contributed by atoms with Gasteiger partial charge in [-0.25, -0.2) is 0 Å². The second-order valence-electron chi connectivity index (χ2n) is 5.07. The number of hydrogen-bond acceptors (Lipinski definition) is 3. The lowest BCUT2D eigenvalue weighted by molar-refractivity contribution is 0.0750. The lowest BCUT2D eigenvalue weighted by Crippen LogP contribution is -2.32. The maximum absolute atomic E-state index is 12.7. The fraction of sp³-hybridized carbons (Fsp3) is 0.588. The monoisotopic (exact) mass is 293 g/mol. The number of benzene rings is 1. The number of nitrogens with zero attached hydrogens (tertiary/aromatic N) is 1. The molecule has 0 fully saturated rings. The molecule has 1 rings (SSSR count). The Morgan fingerprint density at radius 2 is 1.57 bits per heavy atom. The number of unbranched alkanes of at least 4 members (excludes halogenated alkanes) is 2. The van der Waals surface area contributed by atoms with E-state index in [1.807, 2.05) is 4.90 Å². The van der Waals surface area contributed by atoms with Gasteiger partial charge in [-0.15, -0.1) is 0 Å². The molecule has 4 nitrogen and oxygen atoms in total. The Bertz CT molecular complexity index is 438. The van der Waals surface area contributed by atoms with Crippen molar-refractivity contribution in [1.29, 1.82) is 0 Å². The summed E-state index contributed by atoms with van der Waals surface area (Å²) in [6.45, 7) is 5.89. The van der Waals surface area contributed by atoms with Gasteiger partial charge in [0.05, 0.1) is 14.2 Å². The first-order valence-corrected chi connectivity index (χ1v) is 7.69. The number of rotatable bonds is 9. The van der Waals surface area contributed by atoms with Crippen molar-refractivity contribution in [3.8, 4) is 11.5 Å². The van der Waals surface area contributed by atoms with E-state index in [0.29, 0.717) is 17.1 Å². The van der Waals surface area contributed by atoms with Crippen molar-refractivity contribution in [2.45, 2.75) is 39.5 Å². The van der Waals surface area contributed by atoms with Crippen LogP contribution in [0, 0.1) is 0 Å². The van der Waals surface area contributed by atoms with E-state index >= 15 is 0 Å². The average Bonchev–Trinajstić information content (AvgIpc) is 2.53. The highest BCUT2D eigenvalue weighted by molar-refractivity contribution is 5.95. The summed E-state index contributed by atoms with van der Waals surface area (Å²) in [5.74, 6) is 1.30. The number of amides is 1. The quantitative estimate of drug-likeness (QED) is 0.696. The number of hydrogen-bond donors (Lipinski definition) is 0. The fourth-order valence-corrected chi connectivity index (χ4v) is 2.16. The third kappa shape index (κ3) is 4.96. The summed E-state index contributed by atoms with van der Waals surface area (Å²) in [7, 11) is 3.17. The standard InChI is InChI=1S/C17H27NO3/c1-5-7-11-18(12-8-6-2)17(19)14-9-10-15(20-3)16(13-14)21-4/h9-10,13H,5-8,11-12H2,1-4H3. The van der Waals surface area contributed by atoms with Gasteiger partial charge in [-0.3, -0.25) is 4.79 Å². The Balaban J connectivity index is 2.91. The minimum Gasteiger partial charge on any atom is -0.493 e. The second kappa shape index (κ2) is 9.27. The number of methoxy groups -OCH3 is 2. The van der Waals surface area contributed by atoms with Crippen LogP contribution >= 0.6 is 0 Å². The van der Waals surface area contributed by atoms with E-state index in [1.165, 1.54) is 0 Å². The lowest BCUT2D eigenvalue weighted by atomic mass is 10.1. The first kappa shape index (κ1) is 17.3. The minimum absolute atomic E-state index is 0.0675. The van der Waals surface area contributed by atoms with Gasteiger partial charge >= 0.3 is 0 Å². The number of carbonyl (C=O) groups excluding carboxylic acids is 1. The Kier molecular flexibility index (Phi) is 7.65. The fourth-order valence-electron chi connectivity index (χ4n) is 2.16. The molecular formula is C17H27NO3. The SMILES string of the molecule is CCCCN(CCCC)C(=O)c1ccc(OC)c(OC)c1. The highest BCUT2D eigenvalue weighted by Crippen LogP contribution is 2.28. The van der Waals surface area contributed by atoms with Gasteiger partial charge in [-0.1, -0.05) is 26.7 Å². The topological polar surface area (TPSA) is 38.8 Å². The molecule has 0 heterocycles. The zero-order chi connectivity index (χ0) is 15.7. The summed E-state index contributed by atoms with van der Waals surface area (Å²) in [5.41, 5.74) is 0.653. The molecule has 4 heteroatoms.